The molecule has 4 heteroatoms. The molecule has 0 atom stereocenters. The van der Waals surface area contributed by atoms with Gasteiger partial charge in [-0.1, -0.05) is 135 Å². The SMILES string of the molecule is CCCCCCCCCCCCCCCCCCCCCC(=O)Nc1ccccc1C(=O)NCC. The fraction of sp³-hybridized carbons (Fsp3) is 0.742. The van der Waals surface area contributed by atoms with Crippen molar-refractivity contribution in [3.05, 3.63) is 29.8 Å². The number of nitrogens with one attached hydrogen (secondary N) is 2. The van der Waals surface area contributed by atoms with E-state index >= 15 is 0 Å². The van der Waals surface area contributed by atoms with Crippen molar-refractivity contribution in [2.45, 2.75) is 142 Å². The molecule has 1 rings (SSSR count). The highest BCUT2D eigenvalue weighted by Crippen LogP contribution is 2.17. The summed E-state index contributed by atoms with van der Waals surface area (Å²) < 4.78 is 0. The molecule has 0 unspecified atom stereocenters. The third kappa shape index (κ3) is 17.3. The minimum absolute atomic E-state index is 0.00581. The summed E-state index contributed by atoms with van der Waals surface area (Å²) in [7, 11) is 0. The van der Waals surface area contributed by atoms with E-state index in [1.807, 2.05) is 19.1 Å². The Morgan fingerprint density at radius 2 is 1.03 bits per heavy atom. The van der Waals surface area contributed by atoms with Gasteiger partial charge in [0.15, 0.2) is 0 Å². The maximum atomic E-state index is 12.3. The van der Waals surface area contributed by atoms with Gasteiger partial charge in [-0.3, -0.25) is 9.59 Å². The van der Waals surface area contributed by atoms with Gasteiger partial charge in [-0.25, -0.2) is 0 Å². The van der Waals surface area contributed by atoms with Crippen LogP contribution in [0, 0.1) is 0 Å². The summed E-state index contributed by atoms with van der Waals surface area (Å²) in [4.78, 5) is 24.4. The molecule has 0 aromatic heterocycles. The van der Waals surface area contributed by atoms with Crippen LogP contribution in [0.5, 0.6) is 0 Å². The second kappa shape index (κ2) is 22.6. The molecule has 0 aliphatic rings. The van der Waals surface area contributed by atoms with Gasteiger partial charge in [-0.05, 0) is 25.5 Å². The standard InChI is InChI=1S/C31H54N2O2/c1-3-5-6-7-8-9-10-11-12-13-14-15-16-17-18-19-20-21-22-27-30(34)33-29-26-24-23-25-28(29)31(35)32-4-2/h23-26H,3-22,27H2,1-2H3,(H,32,35)(H,33,34). The largest absolute Gasteiger partial charge is 0.352 e. The number of anilines is 1. The van der Waals surface area contributed by atoms with Crippen LogP contribution in [0.25, 0.3) is 0 Å². The summed E-state index contributed by atoms with van der Waals surface area (Å²) in [6.45, 7) is 4.74. The van der Waals surface area contributed by atoms with Gasteiger partial charge < -0.3 is 10.6 Å². The van der Waals surface area contributed by atoms with E-state index < -0.39 is 0 Å². The summed E-state index contributed by atoms with van der Waals surface area (Å²) in [5.74, 6) is -0.152. The summed E-state index contributed by atoms with van der Waals surface area (Å²) in [6.07, 6.45) is 26.1. The van der Waals surface area contributed by atoms with Crippen LogP contribution in [0.4, 0.5) is 5.69 Å². The minimum atomic E-state index is -0.146. The lowest BCUT2D eigenvalue weighted by Crippen LogP contribution is -2.24. The number of carbonyl (C=O) groups excluding carboxylic acids is 2. The first-order valence-electron chi connectivity index (χ1n) is 14.9. The molecule has 2 N–H and O–H groups in total. The molecular weight excluding hydrogens is 432 g/mol. The number of carbonyl (C=O) groups is 2. The second-order valence-corrected chi connectivity index (χ2v) is 10.1. The van der Waals surface area contributed by atoms with E-state index in [2.05, 4.69) is 17.6 Å². The second-order valence-electron chi connectivity index (χ2n) is 10.1. The first-order chi connectivity index (χ1) is 17.2. The summed E-state index contributed by atoms with van der Waals surface area (Å²) in [6, 6.07) is 7.20. The Hall–Kier alpha value is -1.84. The van der Waals surface area contributed by atoms with Gasteiger partial charge >= 0.3 is 0 Å². The molecule has 0 bridgehead atoms. The van der Waals surface area contributed by atoms with Crippen molar-refractivity contribution >= 4 is 17.5 Å². The lowest BCUT2D eigenvalue weighted by molar-refractivity contribution is -0.116. The number of hydrogen-bond donors (Lipinski definition) is 2. The third-order valence-corrected chi connectivity index (χ3v) is 6.79. The van der Waals surface area contributed by atoms with Gasteiger partial charge in [0.25, 0.3) is 5.91 Å². The molecule has 4 nitrogen and oxygen atoms in total. The van der Waals surface area contributed by atoms with Crippen molar-refractivity contribution in [2.24, 2.45) is 0 Å². The van der Waals surface area contributed by atoms with Crippen LogP contribution in [0.2, 0.25) is 0 Å². The molecule has 200 valence electrons. The minimum Gasteiger partial charge on any atom is -0.352 e. The highest BCUT2D eigenvalue weighted by atomic mass is 16.2. The molecule has 0 aliphatic heterocycles. The Morgan fingerprint density at radius 3 is 1.49 bits per heavy atom. The van der Waals surface area contributed by atoms with Crippen LogP contribution in [0.3, 0.4) is 0 Å². The highest BCUT2D eigenvalue weighted by Gasteiger charge is 2.12. The van der Waals surface area contributed by atoms with Crippen LogP contribution in [0.1, 0.15) is 153 Å². The van der Waals surface area contributed by atoms with Crippen LogP contribution in [0.15, 0.2) is 24.3 Å². The predicted octanol–water partition coefficient (Wildman–Crippen LogP) is 9.20. The van der Waals surface area contributed by atoms with E-state index in [0.29, 0.717) is 24.2 Å². The zero-order valence-electron chi connectivity index (χ0n) is 23.0. The van der Waals surface area contributed by atoms with Gasteiger partial charge in [-0.2, -0.15) is 0 Å². The van der Waals surface area contributed by atoms with Crippen molar-refractivity contribution < 1.29 is 9.59 Å². The maximum Gasteiger partial charge on any atom is 0.253 e. The van der Waals surface area contributed by atoms with Gasteiger partial charge in [0, 0.05) is 13.0 Å². The Bertz CT molecular complexity index is 659. The number of amides is 2. The Morgan fingerprint density at radius 1 is 0.600 bits per heavy atom. The molecule has 0 saturated heterocycles. The number of hydrogen-bond acceptors (Lipinski definition) is 2. The Balaban J connectivity index is 1.90. The quantitative estimate of drug-likeness (QED) is 0.151. The van der Waals surface area contributed by atoms with E-state index in [1.54, 1.807) is 12.1 Å². The van der Waals surface area contributed by atoms with Gasteiger partial charge in [0.05, 0.1) is 11.3 Å². The molecule has 35 heavy (non-hydrogen) atoms. The molecular formula is C31H54N2O2. The predicted molar refractivity (Wildman–Crippen MR) is 151 cm³/mol. The average molecular weight is 487 g/mol. The van der Waals surface area contributed by atoms with E-state index in [0.717, 1.165) is 12.8 Å². The molecule has 0 radical (unpaired) electrons. The van der Waals surface area contributed by atoms with Gasteiger partial charge in [-0.15, -0.1) is 0 Å². The van der Waals surface area contributed by atoms with Gasteiger partial charge in [0.2, 0.25) is 5.91 Å². The number of unbranched alkanes of at least 4 members (excludes halogenated alkanes) is 18. The molecule has 1 aromatic rings. The summed E-state index contributed by atoms with van der Waals surface area (Å²) in [5, 5.41) is 5.70. The van der Waals surface area contributed by atoms with Crippen molar-refractivity contribution in [1.82, 2.24) is 5.32 Å². The van der Waals surface area contributed by atoms with Crippen molar-refractivity contribution in [2.75, 3.05) is 11.9 Å². The Labute approximate surface area is 216 Å². The fourth-order valence-electron chi connectivity index (χ4n) is 4.62. The average Bonchev–Trinajstić information content (AvgIpc) is 2.86. The van der Waals surface area contributed by atoms with E-state index in [-0.39, 0.29) is 11.8 Å². The first kappa shape index (κ1) is 31.2. The van der Waals surface area contributed by atoms with Crippen LogP contribution < -0.4 is 10.6 Å². The molecule has 0 heterocycles. The molecule has 0 spiro atoms. The number of benzene rings is 1. The molecule has 1 aromatic carbocycles. The summed E-state index contributed by atoms with van der Waals surface area (Å²) in [5.41, 5.74) is 1.12. The van der Waals surface area contributed by atoms with Gasteiger partial charge in [0.1, 0.15) is 0 Å². The molecule has 0 aliphatic carbocycles. The smallest absolute Gasteiger partial charge is 0.253 e. The third-order valence-electron chi connectivity index (χ3n) is 6.79. The zero-order valence-corrected chi connectivity index (χ0v) is 23.0. The summed E-state index contributed by atoms with van der Waals surface area (Å²) >= 11 is 0. The lowest BCUT2D eigenvalue weighted by Gasteiger charge is -2.10. The number of para-hydroxylation sites is 1. The maximum absolute atomic E-state index is 12.3. The van der Waals surface area contributed by atoms with Crippen LogP contribution in [-0.4, -0.2) is 18.4 Å². The monoisotopic (exact) mass is 486 g/mol. The molecule has 0 saturated carbocycles. The first-order valence-corrected chi connectivity index (χ1v) is 14.9. The van der Waals surface area contributed by atoms with E-state index in [9.17, 15) is 9.59 Å². The molecule has 2 amide bonds. The van der Waals surface area contributed by atoms with Crippen LogP contribution >= 0.6 is 0 Å². The van der Waals surface area contributed by atoms with Crippen molar-refractivity contribution in [1.29, 1.82) is 0 Å². The zero-order chi connectivity index (χ0) is 25.4. The molecule has 0 fully saturated rings. The lowest BCUT2D eigenvalue weighted by atomic mass is 10.0. The topological polar surface area (TPSA) is 58.2 Å². The van der Waals surface area contributed by atoms with Crippen molar-refractivity contribution in [3.63, 3.8) is 0 Å². The highest BCUT2D eigenvalue weighted by molar-refractivity contribution is 6.03. The van der Waals surface area contributed by atoms with E-state index in [1.165, 1.54) is 109 Å². The van der Waals surface area contributed by atoms with Crippen molar-refractivity contribution in [3.8, 4) is 0 Å². The van der Waals surface area contributed by atoms with E-state index in [4.69, 9.17) is 0 Å². The normalized spacial score (nSPS) is 10.9. The number of rotatable bonds is 23. The fourth-order valence-corrected chi connectivity index (χ4v) is 4.62. The Kier molecular flexibility index (Phi) is 20.2. The van der Waals surface area contributed by atoms with Crippen LogP contribution in [-0.2, 0) is 4.79 Å².